The van der Waals surface area contributed by atoms with Crippen LogP contribution in [0.4, 0.5) is 5.69 Å². The lowest BCUT2D eigenvalue weighted by Crippen LogP contribution is -2.22. The Bertz CT molecular complexity index is 456. The van der Waals surface area contributed by atoms with Gasteiger partial charge in [-0.1, -0.05) is 36.4 Å². The smallest absolute Gasteiger partial charge is 0.105 e. The van der Waals surface area contributed by atoms with Crippen LogP contribution >= 0.6 is 0 Å². The molecule has 1 aromatic carbocycles. The van der Waals surface area contributed by atoms with Gasteiger partial charge in [-0.05, 0) is 29.8 Å². The van der Waals surface area contributed by atoms with Crippen molar-refractivity contribution in [3.05, 3.63) is 60.2 Å². The van der Waals surface area contributed by atoms with Gasteiger partial charge < -0.3 is 10.4 Å². The van der Waals surface area contributed by atoms with Crippen LogP contribution in [0.2, 0.25) is 0 Å². The van der Waals surface area contributed by atoms with E-state index in [0.29, 0.717) is 6.42 Å². The molecule has 0 saturated carbocycles. The fraction of sp³-hybridized carbons (Fsp3) is 0.200. The summed E-state index contributed by atoms with van der Waals surface area (Å²) in [7, 11) is 1.90. The van der Waals surface area contributed by atoms with Crippen LogP contribution in [0.1, 0.15) is 12.0 Å². The lowest BCUT2D eigenvalue weighted by Gasteiger charge is -2.20. The number of aliphatic hydroxyl groups is 1. The molecule has 17 heavy (non-hydrogen) atoms. The molecule has 2 rings (SSSR count). The van der Waals surface area contributed by atoms with Gasteiger partial charge in [-0.3, -0.25) is 0 Å². The number of nitrogens with one attached hydrogen (secondary N) is 1. The van der Waals surface area contributed by atoms with E-state index in [-0.39, 0.29) is 0 Å². The molecule has 0 saturated heterocycles. The number of hydrogen-bond acceptors (Lipinski definition) is 2. The zero-order valence-electron chi connectivity index (χ0n) is 9.93. The first-order chi connectivity index (χ1) is 8.22. The normalized spacial score (nSPS) is 23.2. The Morgan fingerprint density at radius 1 is 1.24 bits per heavy atom. The highest BCUT2D eigenvalue weighted by molar-refractivity contribution is 5.56. The van der Waals surface area contributed by atoms with Gasteiger partial charge in [0.25, 0.3) is 0 Å². The van der Waals surface area contributed by atoms with E-state index >= 15 is 0 Å². The van der Waals surface area contributed by atoms with Gasteiger partial charge in [-0.15, -0.1) is 0 Å². The molecule has 1 aromatic rings. The molecule has 0 spiro atoms. The third-order valence-electron chi connectivity index (χ3n) is 2.84. The molecule has 0 fully saturated rings. The highest BCUT2D eigenvalue weighted by atomic mass is 16.3. The largest absolute Gasteiger partial charge is 0.388 e. The van der Waals surface area contributed by atoms with Gasteiger partial charge in [-0.2, -0.15) is 0 Å². The molecular formula is C15H17NO. The van der Waals surface area contributed by atoms with E-state index in [4.69, 9.17) is 0 Å². The highest BCUT2D eigenvalue weighted by Crippen LogP contribution is 2.20. The summed E-state index contributed by atoms with van der Waals surface area (Å²) in [5, 5.41) is 13.3. The van der Waals surface area contributed by atoms with E-state index < -0.39 is 5.60 Å². The summed E-state index contributed by atoms with van der Waals surface area (Å²) in [5.41, 5.74) is 1.33. The fourth-order valence-electron chi connectivity index (χ4n) is 1.75. The summed E-state index contributed by atoms with van der Waals surface area (Å²) in [5.74, 6) is 0. The van der Waals surface area contributed by atoms with E-state index in [1.54, 1.807) is 0 Å². The Labute approximate surface area is 102 Å². The molecule has 0 bridgehead atoms. The molecule has 0 amide bonds. The second-order valence-electron chi connectivity index (χ2n) is 4.19. The predicted molar refractivity (Wildman–Crippen MR) is 72.9 cm³/mol. The third-order valence-corrected chi connectivity index (χ3v) is 2.84. The van der Waals surface area contributed by atoms with Gasteiger partial charge >= 0.3 is 0 Å². The van der Waals surface area contributed by atoms with Crippen LogP contribution in [-0.2, 0) is 0 Å². The SMILES string of the molecule is CNc1ccc(/C=C/C2(O)C=CC=CC2)cc1. The monoisotopic (exact) mass is 227 g/mol. The van der Waals surface area contributed by atoms with E-state index in [1.807, 2.05) is 67.8 Å². The lowest BCUT2D eigenvalue weighted by molar-refractivity contribution is 0.146. The quantitative estimate of drug-likeness (QED) is 0.832. The molecule has 1 unspecified atom stereocenters. The lowest BCUT2D eigenvalue weighted by atomic mass is 9.94. The standard InChI is InChI=1S/C15H17NO/c1-16-14-7-5-13(6-8-14)9-12-15(17)10-3-2-4-11-15/h2-10,12,16-17H,11H2,1H3/b12-9+. The van der Waals surface area contributed by atoms with Gasteiger partial charge in [0, 0.05) is 19.2 Å². The Morgan fingerprint density at radius 3 is 2.59 bits per heavy atom. The number of allylic oxidation sites excluding steroid dienone is 2. The van der Waals surface area contributed by atoms with E-state index in [1.165, 1.54) is 0 Å². The van der Waals surface area contributed by atoms with Crippen molar-refractivity contribution in [3.63, 3.8) is 0 Å². The summed E-state index contributed by atoms with van der Waals surface area (Å²) in [4.78, 5) is 0. The topological polar surface area (TPSA) is 32.3 Å². The predicted octanol–water partition coefficient (Wildman–Crippen LogP) is 2.99. The van der Waals surface area contributed by atoms with Crippen LogP contribution < -0.4 is 5.32 Å². The van der Waals surface area contributed by atoms with Crippen LogP contribution in [0.3, 0.4) is 0 Å². The zero-order chi connectivity index (χ0) is 12.1. The molecule has 1 aliphatic carbocycles. The molecule has 0 aromatic heterocycles. The van der Waals surface area contributed by atoms with Crippen molar-refractivity contribution in [1.82, 2.24) is 0 Å². The summed E-state index contributed by atoms with van der Waals surface area (Å²) < 4.78 is 0. The van der Waals surface area contributed by atoms with E-state index in [2.05, 4.69) is 5.32 Å². The molecule has 2 heteroatoms. The Hall–Kier alpha value is -1.80. The molecule has 88 valence electrons. The van der Waals surface area contributed by atoms with Crippen molar-refractivity contribution in [2.24, 2.45) is 0 Å². The van der Waals surface area contributed by atoms with E-state index in [0.717, 1.165) is 11.3 Å². The number of benzene rings is 1. The molecule has 1 aliphatic rings. The highest BCUT2D eigenvalue weighted by Gasteiger charge is 2.18. The van der Waals surface area contributed by atoms with Gasteiger partial charge in [0.15, 0.2) is 0 Å². The molecule has 2 N–H and O–H groups in total. The van der Waals surface area contributed by atoms with Crippen molar-refractivity contribution in [1.29, 1.82) is 0 Å². The summed E-state index contributed by atoms with van der Waals surface area (Å²) in [6, 6.07) is 8.07. The van der Waals surface area contributed by atoms with Gasteiger partial charge in [0.1, 0.15) is 5.60 Å². The number of rotatable bonds is 3. The van der Waals surface area contributed by atoms with Crippen molar-refractivity contribution in [2.75, 3.05) is 12.4 Å². The van der Waals surface area contributed by atoms with Crippen LogP contribution in [0, 0.1) is 0 Å². The Balaban J connectivity index is 2.09. The minimum atomic E-state index is -0.837. The second-order valence-corrected chi connectivity index (χ2v) is 4.19. The molecule has 1 atom stereocenters. The Kier molecular flexibility index (Phi) is 3.45. The first-order valence-electron chi connectivity index (χ1n) is 5.76. The fourth-order valence-corrected chi connectivity index (χ4v) is 1.75. The maximum atomic E-state index is 10.2. The Morgan fingerprint density at radius 2 is 2.00 bits per heavy atom. The summed E-state index contributed by atoms with van der Waals surface area (Å²) in [6.07, 6.45) is 12.0. The third kappa shape index (κ3) is 3.08. The van der Waals surface area contributed by atoms with Crippen LogP contribution in [0.15, 0.2) is 54.6 Å². The van der Waals surface area contributed by atoms with Crippen molar-refractivity contribution in [2.45, 2.75) is 12.0 Å². The molecule has 2 nitrogen and oxygen atoms in total. The average Bonchev–Trinajstić information content (AvgIpc) is 2.38. The maximum absolute atomic E-state index is 10.2. The average molecular weight is 227 g/mol. The first kappa shape index (κ1) is 11.7. The minimum absolute atomic E-state index is 0.634. The van der Waals surface area contributed by atoms with Crippen molar-refractivity contribution < 1.29 is 5.11 Å². The number of hydrogen-bond donors (Lipinski definition) is 2. The van der Waals surface area contributed by atoms with E-state index in [9.17, 15) is 5.11 Å². The van der Waals surface area contributed by atoms with Crippen LogP contribution in [0.25, 0.3) is 6.08 Å². The van der Waals surface area contributed by atoms with Crippen LogP contribution in [0.5, 0.6) is 0 Å². The molecule has 0 heterocycles. The van der Waals surface area contributed by atoms with Crippen molar-refractivity contribution >= 4 is 11.8 Å². The summed E-state index contributed by atoms with van der Waals surface area (Å²) >= 11 is 0. The number of anilines is 1. The molecular weight excluding hydrogens is 210 g/mol. The zero-order valence-corrected chi connectivity index (χ0v) is 9.93. The first-order valence-corrected chi connectivity index (χ1v) is 5.76. The van der Waals surface area contributed by atoms with Crippen molar-refractivity contribution in [3.8, 4) is 0 Å². The van der Waals surface area contributed by atoms with Gasteiger partial charge in [0.2, 0.25) is 0 Å². The maximum Gasteiger partial charge on any atom is 0.105 e. The van der Waals surface area contributed by atoms with Gasteiger partial charge in [0.05, 0.1) is 0 Å². The minimum Gasteiger partial charge on any atom is -0.388 e. The molecule has 0 radical (unpaired) electrons. The second kappa shape index (κ2) is 5.02. The van der Waals surface area contributed by atoms with Crippen LogP contribution in [-0.4, -0.2) is 17.8 Å². The summed E-state index contributed by atoms with van der Waals surface area (Å²) in [6.45, 7) is 0. The molecule has 0 aliphatic heterocycles. The van der Waals surface area contributed by atoms with Gasteiger partial charge in [-0.25, -0.2) is 0 Å².